The summed E-state index contributed by atoms with van der Waals surface area (Å²) in [6.45, 7) is 5.34. The van der Waals surface area contributed by atoms with Crippen molar-refractivity contribution in [2.24, 2.45) is 0 Å². The van der Waals surface area contributed by atoms with Gasteiger partial charge in [-0.3, -0.25) is 9.69 Å². The average Bonchev–Trinajstić information content (AvgIpc) is 2.60. The van der Waals surface area contributed by atoms with Crippen molar-refractivity contribution >= 4 is 5.97 Å². The Morgan fingerprint density at radius 3 is 2.75 bits per heavy atom. The van der Waals surface area contributed by atoms with Gasteiger partial charge in [-0.1, -0.05) is 6.92 Å². The second kappa shape index (κ2) is 6.21. The molecule has 16 heavy (non-hydrogen) atoms. The molecule has 1 fully saturated rings. The lowest BCUT2D eigenvalue weighted by molar-refractivity contribution is -0.139. The summed E-state index contributed by atoms with van der Waals surface area (Å²) < 4.78 is 0. The molecule has 0 aromatic rings. The number of aliphatic carboxylic acids is 1. The number of carboxylic acid groups (broad SMARTS) is 1. The third-order valence-electron chi connectivity index (χ3n) is 3.75. The minimum Gasteiger partial charge on any atom is -0.480 e. The van der Waals surface area contributed by atoms with Gasteiger partial charge in [0, 0.05) is 18.6 Å². The Balaban J connectivity index is 2.43. The number of carbonyl (C=O) groups is 1. The van der Waals surface area contributed by atoms with Crippen molar-refractivity contribution in [1.29, 1.82) is 0 Å². The normalized spacial score (nSPS) is 28.2. The molecule has 2 N–H and O–H groups in total. The lowest BCUT2D eigenvalue weighted by Crippen LogP contribution is -2.41. The van der Waals surface area contributed by atoms with Gasteiger partial charge in [-0.2, -0.15) is 0 Å². The number of hydrogen-bond acceptors (Lipinski definition) is 3. The minimum atomic E-state index is -0.748. The Labute approximate surface area is 98.0 Å². The highest BCUT2D eigenvalue weighted by molar-refractivity contribution is 5.73. The van der Waals surface area contributed by atoms with Crippen LogP contribution in [-0.2, 0) is 4.79 Å². The monoisotopic (exact) mass is 228 g/mol. The maximum absolute atomic E-state index is 10.9. The van der Waals surface area contributed by atoms with Gasteiger partial charge in [0.2, 0.25) is 0 Å². The SMILES string of the molecule is CCC1CCC(C)N1CCC(NC)C(=O)O. The average molecular weight is 228 g/mol. The Bertz CT molecular complexity index is 233. The molecule has 1 aliphatic rings. The standard InChI is InChI=1S/C12H24N2O2/c1-4-10-6-5-9(2)14(10)8-7-11(13-3)12(15)16/h9-11,13H,4-8H2,1-3H3,(H,15,16). The highest BCUT2D eigenvalue weighted by Gasteiger charge is 2.29. The lowest BCUT2D eigenvalue weighted by Gasteiger charge is -2.28. The molecule has 0 spiro atoms. The second-order valence-electron chi connectivity index (χ2n) is 4.69. The van der Waals surface area contributed by atoms with Crippen LogP contribution < -0.4 is 5.32 Å². The lowest BCUT2D eigenvalue weighted by atomic mass is 10.1. The smallest absolute Gasteiger partial charge is 0.320 e. The van der Waals surface area contributed by atoms with Crippen molar-refractivity contribution < 1.29 is 9.90 Å². The number of nitrogens with zero attached hydrogens (tertiary/aromatic N) is 1. The number of hydrogen-bond donors (Lipinski definition) is 2. The van der Waals surface area contributed by atoms with Gasteiger partial charge in [-0.25, -0.2) is 0 Å². The molecule has 94 valence electrons. The first-order valence-electron chi connectivity index (χ1n) is 6.26. The second-order valence-corrected chi connectivity index (χ2v) is 4.69. The summed E-state index contributed by atoms with van der Waals surface area (Å²) in [6.07, 6.45) is 4.36. The molecule has 3 unspecified atom stereocenters. The van der Waals surface area contributed by atoms with Crippen molar-refractivity contribution in [3.63, 3.8) is 0 Å². The summed E-state index contributed by atoms with van der Waals surface area (Å²) in [5.74, 6) is -0.748. The van der Waals surface area contributed by atoms with Gasteiger partial charge in [-0.05, 0) is 39.7 Å². The Hall–Kier alpha value is -0.610. The van der Waals surface area contributed by atoms with Crippen LogP contribution in [0, 0.1) is 0 Å². The third kappa shape index (κ3) is 3.19. The van der Waals surface area contributed by atoms with E-state index in [1.54, 1.807) is 7.05 Å². The molecule has 0 bridgehead atoms. The van der Waals surface area contributed by atoms with Crippen molar-refractivity contribution in [2.75, 3.05) is 13.6 Å². The van der Waals surface area contributed by atoms with Crippen LogP contribution in [0.5, 0.6) is 0 Å². The summed E-state index contributed by atoms with van der Waals surface area (Å²) in [4.78, 5) is 13.4. The van der Waals surface area contributed by atoms with E-state index >= 15 is 0 Å². The van der Waals surface area contributed by atoms with E-state index in [1.165, 1.54) is 19.3 Å². The van der Waals surface area contributed by atoms with Crippen molar-refractivity contribution in [1.82, 2.24) is 10.2 Å². The zero-order valence-corrected chi connectivity index (χ0v) is 10.6. The van der Waals surface area contributed by atoms with Crippen LogP contribution in [-0.4, -0.2) is 47.7 Å². The maximum Gasteiger partial charge on any atom is 0.320 e. The number of likely N-dealkylation sites (N-methyl/N-ethyl adjacent to an activating group) is 1. The van der Waals surface area contributed by atoms with Gasteiger partial charge in [0.25, 0.3) is 0 Å². The summed E-state index contributed by atoms with van der Waals surface area (Å²) in [6, 6.07) is 0.850. The van der Waals surface area contributed by atoms with Gasteiger partial charge < -0.3 is 10.4 Å². The summed E-state index contributed by atoms with van der Waals surface area (Å²) in [7, 11) is 1.71. The number of likely N-dealkylation sites (tertiary alicyclic amines) is 1. The number of carboxylic acids is 1. The zero-order chi connectivity index (χ0) is 12.1. The Morgan fingerprint density at radius 1 is 1.56 bits per heavy atom. The van der Waals surface area contributed by atoms with Crippen LogP contribution in [0.15, 0.2) is 0 Å². The highest BCUT2D eigenvalue weighted by atomic mass is 16.4. The molecule has 4 nitrogen and oxygen atoms in total. The van der Waals surface area contributed by atoms with E-state index in [4.69, 9.17) is 5.11 Å². The topological polar surface area (TPSA) is 52.6 Å². The van der Waals surface area contributed by atoms with E-state index in [1.807, 2.05) is 0 Å². The first-order chi connectivity index (χ1) is 7.60. The van der Waals surface area contributed by atoms with Crippen molar-refractivity contribution in [2.45, 2.75) is 57.7 Å². The molecule has 1 saturated heterocycles. The van der Waals surface area contributed by atoms with Crippen LogP contribution in [0.4, 0.5) is 0 Å². The molecule has 0 aromatic carbocycles. The van der Waals surface area contributed by atoms with E-state index in [2.05, 4.69) is 24.1 Å². The molecule has 1 heterocycles. The number of nitrogens with one attached hydrogen (secondary N) is 1. The molecule has 1 rings (SSSR count). The fourth-order valence-electron chi connectivity index (χ4n) is 2.64. The van der Waals surface area contributed by atoms with Crippen LogP contribution in [0.3, 0.4) is 0 Å². The van der Waals surface area contributed by atoms with E-state index < -0.39 is 12.0 Å². The molecule has 0 aromatic heterocycles. The molecule has 0 saturated carbocycles. The predicted molar refractivity (Wildman–Crippen MR) is 64.6 cm³/mol. The van der Waals surface area contributed by atoms with Crippen LogP contribution in [0.1, 0.15) is 39.5 Å². The largest absolute Gasteiger partial charge is 0.480 e. The summed E-state index contributed by atoms with van der Waals surface area (Å²) in [5.41, 5.74) is 0. The molecule has 0 aliphatic carbocycles. The van der Waals surface area contributed by atoms with Crippen LogP contribution in [0.25, 0.3) is 0 Å². The fraction of sp³-hybridized carbons (Fsp3) is 0.917. The quantitative estimate of drug-likeness (QED) is 0.720. The molecule has 3 atom stereocenters. The predicted octanol–water partition coefficient (Wildman–Crippen LogP) is 1.31. The van der Waals surface area contributed by atoms with Crippen molar-refractivity contribution in [3.05, 3.63) is 0 Å². The van der Waals surface area contributed by atoms with E-state index in [9.17, 15) is 4.79 Å². The molecular formula is C12H24N2O2. The first-order valence-corrected chi connectivity index (χ1v) is 6.26. The van der Waals surface area contributed by atoms with Gasteiger partial charge in [0.05, 0.1) is 0 Å². The Kier molecular flexibility index (Phi) is 5.22. The van der Waals surface area contributed by atoms with Crippen LogP contribution in [0.2, 0.25) is 0 Å². The molecular weight excluding hydrogens is 204 g/mol. The zero-order valence-electron chi connectivity index (χ0n) is 10.6. The minimum absolute atomic E-state index is 0.412. The van der Waals surface area contributed by atoms with Crippen LogP contribution >= 0.6 is 0 Å². The van der Waals surface area contributed by atoms with Gasteiger partial charge in [0.1, 0.15) is 6.04 Å². The van der Waals surface area contributed by atoms with Gasteiger partial charge in [-0.15, -0.1) is 0 Å². The van der Waals surface area contributed by atoms with E-state index in [-0.39, 0.29) is 0 Å². The van der Waals surface area contributed by atoms with E-state index in [0.29, 0.717) is 18.5 Å². The molecule has 1 aliphatic heterocycles. The Morgan fingerprint density at radius 2 is 2.25 bits per heavy atom. The molecule has 0 amide bonds. The van der Waals surface area contributed by atoms with Gasteiger partial charge in [0.15, 0.2) is 0 Å². The van der Waals surface area contributed by atoms with Crippen molar-refractivity contribution in [3.8, 4) is 0 Å². The maximum atomic E-state index is 10.9. The highest BCUT2D eigenvalue weighted by Crippen LogP contribution is 2.26. The summed E-state index contributed by atoms with van der Waals surface area (Å²) >= 11 is 0. The molecule has 0 radical (unpaired) electrons. The summed E-state index contributed by atoms with van der Waals surface area (Å²) in [5, 5.41) is 11.8. The first kappa shape index (κ1) is 13.5. The third-order valence-corrected chi connectivity index (χ3v) is 3.75. The van der Waals surface area contributed by atoms with Gasteiger partial charge >= 0.3 is 5.97 Å². The number of rotatable bonds is 6. The fourth-order valence-corrected chi connectivity index (χ4v) is 2.64. The van der Waals surface area contributed by atoms with E-state index in [0.717, 1.165) is 6.54 Å². The molecule has 4 heteroatoms.